The largest absolute Gasteiger partial charge is 0.388 e. The molecule has 0 spiro atoms. The van der Waals surface area contributed by atoms with Gasteiger partial charge in [-0.05, 0) is 31.7 Å². The fourth-order valence-electron chi connectivity index (χ4n) is 1.89. The van der Waals surface area contributed by atoms with Crippen molar-refractivity contribution >= 4 is 0 Å². The Kier molecular flexibility index (Phi) is 3.00. The lowest BCUT2D eigenvalue weighted by molar-refractivity contribution is 0.158. The molecule has 1 aromatic rings. The van der Waals surface area contributed by atoms with Crippen molar-refractivity contribution in [2.75, 3.05) is 0 Å². The van der Waals surface area contributed by atoms with E-state index in [1.165, 1.54) is 12.8 Å². The predicted octanol–water partition coefficient (Wildman–Crippen LogP) is 2.18. The second-order valence-corrected chi connectivity index (χ2v) is 4.44. The maximum atomic E-state index is 10.1. The average molecular weight is 206 g/mol. The van der Waals surface area contributed by atoms with Crippen LogP contribution < -0.4 is 0 Å². The molecule has 0 saturated heterocycles. The van der Waals surface area contributed by atoms with Gasteiger partial charge < -0.3 is 5.11 Å². The van der Waals surface area contributed by atoms with Crippen molar-refractivity contribution < 1.29 is 5.11 Å². The molecule has 1 aliphatic carbocycles. The lowest BCUT2D eigenvalue weighted by Crippen LogP contribution is -2.07. The van der Waals surface area contributed by atoms with Crippen LogP contribution in [-0.2, 0) is 6.42 Å². The van der Waals surface area contributed by atoms with Gasteiger partial charge in [-0.1, -0.05) is 19.8 Å². The van der Waals surface area contributed by atoms with Crippen molar-refractivity contribution in [2.24, 2.45) is 5.92 Å². The van der Waals surface area contributed by atoms with Gasteiger partial charge in [0, 0.05) is 5.56 Å². The molecule has 2 rings (SSSR count). The van der Waals surface area contributed by atoms with Crippen molar-refractivity contribution in [1.29, 1.82) is 0 Å². The van der Waals surface area contributed by atoms with Crippen LogP contribution in [0.25, 0.3) is 0 Å². The summed E-state index contributed by atoms with van der Waals surface area (Å²) in [5, 5.41) is 18.3. The quantitative estimate of drug-likeness (QED) is 0.821. The molecule has 1 N–H and O–H groups in total. The number of hydrogen-bond acceptors (Lipinski definition) is 3. The third kappa shape index (κ3) is 2.53. The normalized spacial score (nSPS) is 17.8. The molecule has 0 radical (unpaired) electrons. The van der Waals surface area contributed by atoms with E-state index in [0.29, 0.717) is 0 Å². The van der Waals surface area contributed by atoms with Gasteiger partial charge >= 0.3 is 0 Å². The van der Waals surface area contributed by atoms with E-state index in [0.717, 1.165) is 35.7 Å². The van der Waals surface area contributed by atoms with Crippen LogP contribution in [0.2, 0.25) is 0 Å². The lowest BCUT2D eigenvalue weighted by Gasteiger charge is -2.13. The van der Waals surface area contributed by atoms with Crippen LogP contribution in [0.4, 0.5) is 0 Å². The van der Waals surface area contributed by atoms with Crippen LogP contribution in [0.1, 0.15) is 49.2 Å². The molecular weight excluding hydrogens is 188 g/mol. The first-order valence-corrected chi connectivity index (χ1v) is 5.72. The molecule has 0 aromatic carbocycles. The van der Waals surface area contributed by atoms with Gasteiger partial charge in [0.1, 0.15) is 0 Å². The first kappa shape index (κ1) is 10.6. The fraction of sp³-hybridized carbons (Fsp3) is 0.667. The molecule has 1 atom stereocenters. The van der Waals surface area contributed by atoms with Crippen molar-refractivity contribution in [3.05, 3.63) is 23.0 Å². The Morgan fingerprint density at radius 1 is 1.47 bits per heavy atom. The molecule has 0 bridgehead atoms. The lowest BCUT2D eigenvalue weighted by atomic mass is 10.0. The molecule has 1 aromatic heterocycles. The third-order valence-electron chi connectivity index (χ3n) is 2.97. The van der Waals surface area contributed by atoms with Crippen LogP contribution in [-0.4, -0.2) is 15.3 Å². The topological polar surface area (TPSA) is 46.0 Å². The summed E-state index contributed by atoms with van der Waals surface area (Å²) < 4.78 is 0. The summed E-state index contributed by atoms with van der Waals surface area (Å²) in [5.74, 6) is 0.734. The molecule has 1 fully saturated rings. The van der Waals surface area contributed by atoms with Gasteiger partial charge in [-0.25, -0.2) is 0 Å². The molecule has 1 unspecified atom stereocenters. The molecule has 0 aliphatic heterocycles. The summed E-state index contributed by atoms with van der Waals surface area (Å²) in [5.41, 5.74) is 2.81. The van der Waals surface area contributed by atoms with E-state index in [2.05, 4.69) is 10.2 Å². The summed E-state index contributed by atoms with van der Waals surface area (Å²) in [6.45, 7) is 3.96. The molecule has 3 heteroatoms. The van der Waals surface area contributed by atoms with E-state index in [1.807, 2.05) is 19.9 Å². The second-order valence-electron chi connectivity index (χ2n) is 4.44. The Labute approximate surface area is 90.5 Å². The van der Waals surface area contributed by atoms with Crippen LogP contribution in [0, 0.1) is 12.8 Å². The highest BCUT2D eigenvalue weighted by Crippen LogP contribution is 2.38. The zero-order valence-corrected chi connectivity index (χ0v) is 9.40. The number of aromatic nitrogens is 2. The minimum absolute atomic E-state index is 0.346. The Morgan fingerprint density at radius 3 is 2.80 bits per heavy atom. The van der Waals surface area contributed by atoms with Gasteiger partial charge in [-0.3, -0.25) is 0 Å². The molecule has 1 heterocycles. The van der Waals surface area contributed by atoms with Crippen LogP contribution in [0.3, 0.4) is 0 Å². The molecule has 82 valence electrons. The zero-order valence-electron chi connectivity index (χ0n) is 9.40. The molecule has 0 amide bonds. The van der Waals surface area contributed by atoms with Crippen molar-refractivity contribution in [3.8, 4) is 0 Å². The SMILES string of the molecule is CCc1nnc(C)cc1C(O)CC1CC1. The first-order valence-electron chi connectivity index (χ1n) is 5.72. The maximum Gasteiger partial charge on any atom is 0.0811 e. The monoisotopic (exact) mass is 206 g/mol. The highest BCUT2D eigenvalue weighted by molar-refractivity contribution is 5.23. The molecule has 1 aliphatic rings. The van der Waals surface area contributed by atoms with Gasteiger partial charge in [0.25, 0.3) is 0 Å². The van der Waals surface area contributed by atoms with Crippen molar-refractivity contribution in [3.63, 3.8) is 0 Å². The Balaban J connectivity index is 2.18. The smallest absolute Gasteiger partial charge is 0.0811 e. The van der Waals surface area contributed by atoms with Gasteiger partial charge in [-0.15, -0.1) is 0 Å². The number of aliphatic hydroxyl groups excluding tert-OH is 1. The fourth-order valence-corrected chi connectivity index (χ4v) is 1.89. The predicted molar refractivity (Wildman–Crippen MR) is 58.4 cm³/mol. The van der Waals surface area contributed by atoms with Crippen molar-refractivity contribution in [2.45, 2.75) is 45.6 Å². The van der Waals surface area contributed by atoms with Crippen molar-refractivity contribution in [1.82, 2.24) is 10.2 Å². The summed E-state index contributed by atoms with van der Waals surface area (Å²) in [6.07, 6.45) is 3.93. The summed E-state index contributed by atoms with van der Waals surface area (Å²) in [7, 11) is 0. The van der Waals surface area contributed by atoms with Crippen LogP contribution in [0.5, 0.6) is 0 Å². The zero-order chi connectivity index (χ0) is 10.8. The summed E-state index contributed by atoms with van der Waals surface area (Å²) in [4.78, 5) is 0. The molecular formula is C12H18N2O. The average Bonchev–Trinajstić information content (AvgIpc) is 3.01. The number of hydrogen-bond donors (Lipinski definition) is 1. The van der Waals surface area contributed by atoms with E-state index in [1.54, 1.807) is 0 Å². The number of nitrogens with zero attached hydrogens (tertiary/aromatic N) is 2. The van der Waals surface area contributed by atoms with Crippen LogP contribution in [0.15, 0.2) is 6.07 Å². The molecule has 3 nitrogen and oxygen atoms in total. The summed E-state index contributed by atoms with van der Waals surface area (Å²) in [6, 6.07) is 1.97. The second kappa shape index (κ2) is 4.27. The number of aliphatic hydroxyl groups is 1. The Morgan fingerprint density at radius 2 is 2.20 bits per heavy atom. The highest BCUT2D eigenvalue weighted by Gasteiger charge is 2.26. The minimum Gasteiger partial charge on any atom is -0.388 e. The van der Waals surface area contributed by atoms with Gasteiger partial charge in [0.15, 0.2) is 0 Å². The third-order valence-corrected chi connectivity index (χ3v) is 2.97. The molecule has 1 saturated carbocycles. The highest BCUT2D eigenvalue weighted by atomic mass is 16.3. The Bertz CT molecular complexity index is 347. The van der Waals surface area contributed by atoms with Gasteiger partial charge in [0.05, 0.1) is 17.5 Å². The van der Waals surface area contributed by atoms with Gasteiger partial charge in [0.2, 0.25) is 0 Å². The van der Waals surface area contributed by atoms with E-state index >= 15 is 0 Å². The van der Waals surface area contributed by atoms with E-state index in [-0.39, 0.29) is 6.10 Å². The molecule has 15 heavy (non-hydrogen) atoms. The number of aryl methyl sites for hydroxylation is 2. The van der Waals surface area contributed by atoms with Gasteiger partial charge in [-0.2, -0.15) is 10.2 Å². The van der Waals surface area contributed by atoms with Crippen LogP contribution >= 0.6 is 0 Å². The summed E-state index contributed by atoms with van der Waals surface area (Å²) >= 11 is 0. The number of rotatable bonds is 4. The maximum absolute atomic E-state index is 10.1. The minimum atomic E-state index is -0.346. The first-order chi connectivity index (χ1) is 7.20. The standard InChI is InChI=1S/C12H18N2O/c1-3-11-10(6-8(2)13-14-11)12(15)7-9-4-5-9/h6,9,12,15H,3-5,7H2,1-2H3. The van der Waals surface area contributed by atoms with E-state index in [9.17, 15) is 5.11 Å². The van der Waals surface area contributed by atoms with E-state index in [4.69, 9.17) is 0 Å². The Hall–Kier alpha value is -0.960. The van der Waals surface area contributed by atoms with E-state index < -0.39 is 0 Å².